The molecule has 0 radical (unpaired) electrons. The Morgan fingerprint density at radius 2 is 1.38 bits per heavy atom. The maximum Gasteiger partial charge on any atom is 0.331 e. The highest BCUT2D eigenvalue weighted by Crippen LogP contribution is 2.31. The van der Waals surface area contributed by atoms with E-state index in [-0.39, 0.29) is 11.6 Å². The molecular weight excluding hydrogens is 665 g/mol. The molecule has 284 valence electrons. The number of rotatable bonds is 23. The monoisotopic (exact) mass is 728 g/mol. The van der Waals surface area contributed by atoms with Crippen molar-refractivity contribution in [2.75, 3.05) is 57.3 Å². The Morgan fingerprint density at radius 3 is 2.08 bits per heavy atom. The highest BCUT2D eigenvalue weighted by Gasteiger charge is 2.20. The average Bonchev–Trinajstić information content (AvgIpc) is 3.66. The lowest BCUT2D eigenvalue weighted by Gasteiger charge is -2.36. The molecule has 7 nitrogen and oxygen atoms in total. The third-order valence-electron chi connectivity index (χ3n) is 10.7. The van der Waals surface area contributed by atoms with E-state index in [4.69, 9.17) is 4.74 Å². The van der Waals surface area contributed by atoms with Gasteiger partial charge in [0, 0.05) is 67.2 Å². The summed E-state index contributed by atoms with van der Waals surface area (Å²) in [5, 5.41) is 4.44. The summed E-state index contributed by atoms with van der Waals surface area (Å²) < 4.78 is 8.97. The van der Waals surface area contributed by atoms with Gasteiger partial charge < -0.3 is 14.5 Å². The first-order chi connectivity index (χ1) is 25.6. The van der Waals surface area contributed by atoms with Gasteiger partial charge in [-0.25, -0.2) is 9.36 Å². The summed E-state index contributed by atoms with van der Waals surface area (Å²) in [6, 6.07) is 17.9. The van der Waals surface area contributed by atoms with Crippen LogP contribution in [-0.4, -0.2) is 72.8 Å². The van der Waals surface area contributed by atoms with Gasteiger partial charge in [-0.2, -0.15) is 0 Å². The zero-order valence-electron chi connectivity index (χ0n) is 32.2. The molecule has 1 amide bonds. The number of unbranched alkanes of at least 4 members (excludes halogenated alkanes) is 13. The third-order valence-corrected chi connectivity index (χ3v) is 11.6. The number of ether oxygens (including phenoxy) is 1. The molecule has 0 bridgehead atoms. The normalized spacial score (nSPS) is 13.7. The summed E-state index contributed by atoms with van der Waals surface area (Å²) in [4.78, 5) is 34.5. The van der Waals surface area contributed by atoms with Gasteiger partial charge in [-0.1, -0.05) is 97.0 Å². The van der Waals surface area contributed by atoms with Crippen LogP contribution in [0.4, 0.5) is 10.5 Å². The predicted molar refractivity (Wildman–Crippen MR) is 222 cm³/mol. The minimum absolute atomic E-state index is 0.197. The summed E-state index contributed by atoms with van der Waals surface area (Å²) in [6.45, 7) is 11.8. The number of carbonyl (C=O) groups is 1. The fourth-order valence-electron chi connectivity index (χ4n) is 7.56. The Hall–Kier alpha value is -3.36. The number of hydrogen-bond donors (Lipinski definition) is 0. The van der Waals surface area contributed by atoms with Crippen molar-refractivity contribution in [1.29, 1.82) is 0 Å². The van der Waals surface area contributed by atoms with Crippen molar-refractivity contribution in [1.82, 2.24) is 14.4 Å². The smallest absolute Gasteiger partial charge is 0.331 e. The zero-order chi connectivity index (χ0) is 36.4. The van der Waals surface area contributed by atoms with Crippen molar-refractivity contribution in [3.8, 4) is 5.75 Å². The van der Waals surface area contributed by atoms with Crippen molar-refractivity contribution in [2.45, 2.75) is 117 Å². The molecule has 1 fully saturated rings. The van der Waals surface area contributed by atoms with Gasteiger partial charge in [-0.05, 0) is 79.4 Å². The standard InChI is InChI=1S/C44H64N4O3S/c1-3-5-7-9-11-13-15-28-47(29-16-14-12-10-8-6-4-2)44(50)48-41-36-38(24-22-37(41)23-25-43(48)49)51-34-18-17-27-45-30-32-46(33-31-45)40-20-19-21-42-39(40)26-35-52-42/h19-26,35-36H,3-18,27-34H2,1-2H3. The third kappa shape index (κ3) is 11.8. The van der Waals surface area contributed by atoms with Crippen LogP contribution in [-0.2, 0) is 0 Å². The second-order valence-electron chi connectivity index (χ2n) is 14.7. The quantitative estimate of drug-likeness (QED) is 0.0712. The first-order valence-corrected chi connectivity index (χ1v) is 21.5. The van der Waals surface area contributed by atoms with Crippen LogP contribution < -0.4 is 15.2 Å². The topological polar surface area (TPSA) is 58.0 Å². The molecule has 0 aliphatic carbocycles. The molecule has 0 atom stereocenters. The van der Waals surface area contributed by atoms with Gasteiger partial charge in [0.05, 0.1) is 12.1 Å². The van der Waals surface area contributed by atoms with E-state index >= 15 is 0 Å². The van der Waals surface area contributed by atoms with Crippen molar-refractivity contribution < 1.29 is 9.53 Å². The van der Waals surface area contributed by atoms with Crippen molar-refractivity contribution in [3.63, 3.8) is 0 Å². The molecule has 1 aliphatic heterocycles. The highest BCUT2D eigenvalue weighted by atomic mass is 32.1. The van der Waals surface area contributed by atoms with Crippen molar-refractivity contribution >= 4 is 44.0 Å². The average molecular weight is 729 g/mol. The Labute approximate surface area is 316 Å². The summed E-state index contributed by atoms with van der Waals surface area (Å²) in [5.41, 5.74) is 1.73. The Bertz CT molecular complexity index is 1670. The molecule has 1 aliphatic rings. The Balaban J connectivity index is 1.12. The molecule has 8 heteroatoms. The molecule has 3 heterocycles. The Kier molecular flexibility index (Phi) is 16.9. The molecule has 0 spiro atoms. The minimum Gasteiger partial charge on any atom is -0.494 e. The van der Waals surface area contributed by atoms with Gasteiger partial charge in [0.25, 0.3) is 5.56 Å². The number of anilines is 1. The molecule has 52 heavy (non-hydrogen) atoms. The second kappa shape index (κ2) is 22.0. The molecular formula is C44H64N4O3S. The number of pyridine rings is 1. The molecule has 2 aromatic heterocycles. The largest absolute Gasteiger partial charge is 0.494 e. The fraction of sp³-hybridized carbons (Fsp3) is 0.591. The van der Waals surface area contributed by atoms with Gasteiger partial charge in [-0.15, -0.1) is 11.3 Å². The van der Waals surface area contributed by atoms with E-state index in [1.807, 2.05) is 40.5 Å². The second-order valence-corrected chi connectivity index (χ2v) is 15.7. The van der Waals surface area contributed by atoms with E-state index in [2.05, 4.69) is 53.3 Å². The van der Waals surface area contributed by atoms with Crippen LogP contribution in [0.15, 0.2) is 64.8 Å². The number of carbonyl (C=O) groups excluding carboxylic acids is 1. The number of benzene rings is 2. The fourth-order valence-corrected chi connectivity index (χ4v) is 8.36. The lowest BCUT2D eigenvalue weighted by Crippen LogP contribution is -2.46. The summed E-state index contributed by atoms with van der Waals surface area (Å²) in [5.74, 6) is 0.710. The van der Waals surface area contributed by atoms with Crippen LogP contribution in [0.2, 0.25) is 0 Å². The van der Waals surface area contributed by atoms with E-state index < -0.39 is 0 Å². The molecule has 5 rings (SSSR count). The van der Waals surface area contributed by atoms with Crippen molar-refractivity contribution in [2.24, 2.45) is 0 Å². The summed E-state index contributed by atoms with van der Waals surface area (Å²) in [7, 11) is 0. The molecule has 1 saturated heterocycles. The van der Waals surface area contributed by atoms with E-state index in [0.717, 1.165) is 76.6 Å². The van der Waals surface area contributed by atoms with E-state index in [9.17, 15) is 9.59 Å². The molecule has 4 aromatic rings. The van der Waals surface area contributed by atoms with Gasteiger partial charge >= 0.3 is 6.03 Å². The van der Waals surface area contributed by atoms with Crippen LogP contribution in [0.3, 0.4) is 0 Å². The van der Waals surface area contributed by atoms with Crippen LogP contribution in [0.5, 0.6) is 5.75 Å². The van der Waals surface area contributed by atoms with E-state index in [1.165, 1.54) is 90.6 Å². The molecule has 0 saturated carbocycles. The Morgan fingerprint density at radius 1 is 0.731 bits per heavy atom. The first kappa shape index (κ1) is 39.8. The van der Waals surface area contributed by atoms with Gasteiger partial charge in [0.15, 0.2) is 0 Å². The number of aromatic nitrogens is 1. The predicted octanol–water partition coefficient (Wildman–Crippen LogP) is 11.0. The number of fused-ring (bicyclic) bond motifs is 2. The minimum atomic E-state index is -0.272. The number of amides is 1. The SMILES string of the molecule is CCCCCCCCCN(CCCCCCCCC)C(=O)n1c(=O)ccc2ccc(OCCCCN3CCN(c4cccc5sccc45)CC3)cc21. The van der Waals surface area contributed by atoms with Crippen LogP contribution in [0, 0.1) is 0 Å². The number of hydrogen-bond acceptors (Lipinski definition) is 6. The van der Waals surface area contributed by atoms with Gasteiger partial charge in [-0.3, -0.25) is 9.69 Å². The number of thiophene rings is 1. The number of piperazine rings is 1. The maximum absolute atomic E-state index is 14.1. The van der Waals surface area contributed by atoms with Crippen LogP contribution in [0.1, 0.15) is 117 Å². The van der Waals surface area contributed by atoms with E-state index in [1.54, 1.807) is 0 Å². The van der Waals surface area contributed by atoms with Crippen molar-refractivity contribution in [3.05, 3.63) is 70.3 Å². The maximum atomic E-state index is 14.1. The summed E-state index contributed by atoms with van der Waals surface area (Å²) in [6.07, 6.45) is 18.8. The molecule has 2 aromatic carbocycles. The lowest BCUT2D eigenvalue weighted by atomic mass is 10.1. The van der Waals surface area contributed by atoms with Crippen LogP contribution >= 0.6 is 11.3 Å². The molecule has 0 N–H and O–H groups in total. The first-order valence-electron chi connectivity index (χ1n) is 20.6. The van der Waals surface area contributed by atoms with Gasteiger partial charge in [0.1, 0.15) is 5.75 Å². The summed E-state index contributed by atoms with van der Waals surface area (Å²) >= 11 is 1.81. The van der Waals surface area contributed by atoms with Gasteiger partial charge in [0.2, 0.25) is 0 Å². The zero-order valence-corrected chi connectivity index (χ0v) is 33.0. The molecule has 0 unspecified atom stereocenters. The number of nitrogens with zero attached hydrogens (tertiary/aromatic N) is 4. The highest BCUT2D eigenvalue weighted by molar-refractivity contribution is 7.17. The lowest BCUT2D eigenvalue weighted by molar-refractivity contribution is 0.197. The van der Waals surface area contributed by atoms with Crippen LogP contribution in [0.25, 0.3) is 21.0 Å². The van der Waals surface area contributed by atoms with E-state index in [0.29, 0.717) is 31.0 Å².